The molecule has 0 fully saturated rings. The quantitative estimate of drug-likeness (QED) is 0.460. The van der Waals surface area contributed by atoms with Gasteiger partial charge >= 0.3 is 0 Å². The first kappa shape index (κ1) is 19.9. The van der Waals surface area contributed by atoms with Crippen LogP contribution in [0.1, 0.15) is 33.9 Å². The van der Waals surface area contributed by atoms with E-state index in [0.29, 0.717) is 15.7 Å². The smallest absolute Gasteiger partial charge is 0.267 e. The van der Waals surface area contributed by atoms with E-state index in [1.165, 1.54) is 29.0 Å². The molecule has 3 aromatic heterocycles. The van der Waals surface area contributed by atoms with Gasteiger partial charge in [-0.3, -0.25) is 14.9 Å². The molecule has 0 spiro atoms. The van der Waals surface area contributed by atoms with Crippen LogP contribution < -0.4 is 10.6 Å². The summed E-state index contributed by atoms with van der Waals surface area (Å²) in [7, 11) is 0. The van der Waals surface area contributed by atoms with Crippen LogP contribution in [0.15, 0.2) is 59.8 Å². The van der Waals surface area contributed by atoms with E-state index in [1.54, 1.807) is 22.5 Å². The number of thiazole rings is 1. The van der Waals surface area contributed by atoms with Crippen molar-refractivity contribution in [2.24, 2.45) is 0 Å². The van der Waals surface area contributed by atoms with Crippen LogP contribution in [0.4, 0.5) is 5.13 Å². The first-order valence-electron chi connectivity index (χ1n) is 9.12. The Morgan fingerprint density at radius 2 is 2.00 bits per heavy atom. The molecule has 0 aliphatic rings. The van der Waals surface area contributed by atoms with Crippen LogP contribution >= 0.6 is 22.7 Å². The molecule has 152 valence electrons. The van der Waals surface area contributed by atoms with Gasteiger partial charge in [0.15, 0.2) is 5.13 Å². The molecule has 0 aliphatic carbocycles. The maximum Gasteiger partial charge on any atom is 0.267 e. The second-order valence-electron chi connectivity index (χ2n) is 6.47. The molecule has 1 atom stereocenters. The summed E-state index contributed by atoms with van der Waals surface area (Å²) in [5, 5.41) is 13.9. The number of anilines is 1. The third-order valence-electron chi connectivity index (χ3n) is 4.31. The Balaban J connectivity index is 1.31. The highest BCUT2D eigenvalue weighted by molar-refractivity contribution is 7.14. The lowest BCUT2D eigenvalue weighted by Gasteiger charge is -2.14. The molecular formula is C20H18N6O2S2. The Labute approximate surface area is 180 Å². The number of benzene rings is 1. The monoisotopic (exact) mass is 438 g/mol. The second kappa shape index (κ2) is 8.97. The SMILES string of the molecule is CC(NC(=O)Cc1csc(NC(=O)c2cccs2)n1)c1ccc(-n2cncn2)cc1. The molecule has 0 saturated heterocycles. The topological polar surface area (TPSA) is 102 Å². The number of aromatic nitrogens is 4. The third-order valence-corrected chi connectivity index (χ3v) is 5.99. The van der Waals surface area contributed by atoms with E-state index in [0.717, 1.165) is 11.3 Å². The largest absolute Gasteiger partial charge is 0.349 e. The van der Waals surface area contributed by atoms with E-state index in [1.807, 2.05) is 42.6 Å². The van der Waals surface area contributed by atoms with Gasteiger partial charge in [-0.25, -0.2) is 14.6 Å². The molecule has 1 aromatic carbocycles. The van der Waals surface area contributed by atoms with Crippen LogP contribution in [0.25, 0.3) is 5.69 Å². The minimum atomic E-state index is -0.196. The molecule has 2 amide bonds. The highest BCUT2D eigenvalue weighted by Gasteiger charge is 2.14. The first-order valence-corrected chi connectivity index (χ1v) is 10.9. The number of rotatable bonds is 7. The Morgan fingerprint density at radius 1 is 1.17 bits per heavy atom. The summed E-state index contributed by atoms with van der Waals surface area (Å²) in [6.07, 6.45) is 3.26. The molecule has 0 bridgehead atoms. The van der Waals surface area contributed by atoms with Crippen LogP contribution in [0.3, 0.4) is 0 Å². The van der Waals surface area contributed by atoms with Gasteiger partial charge in [0.1, 0.15) is 12.7 Å². The Hall–Kier alpha value is -3.37. The van der Waals surface area contributed by atoms with Gasteiger partial charge in [0, 0.05) is 5.38 Å². The van der Waals surface area contributed by atoms with Gasteiger partial charge in [-0.15, -0.1) is 22.7 Å². The Kier molecular flexibility index (Phi) is 5.96. The van der Waals surface area contributed by atoms with E-state index < -0.39 is 0 Å². The standard InChI is InChI=1S/C20H18N6O2S2/c1-13(14-4-6-16(7-5-14)26-12-21-11-22-26)23-18(27)9-15-10-30-20(24-15)25-19(28)17-3-2-8-29-17/h2-8,10-13H,9H2,1H3,(H,23,27)(H,24,25,28). The molecule has 4 aromatic rings. The zero-order valence-electron chi connectivity index (χ0n) is 16.0. The lowest BCUT2D eigenvalue weighted by atomic mass is 10.1. The summed E-state index contributed by atoms with van der Waals surface area (Å²) in [5.74, 6) is -0.331. The summed E-state index contributed by atoms with van der Waals surface area (Å²) >= 11 is 2.67. The minimum Gasteiger partial charge on any atom is -0.349 e. The summed E-state index contributed by atoms with van der Waals surface area (Å²) in [5.41, 5.74) is 2.50. The summed E-state index contributed by atoms with van der Waals surface area (Å²) < 4.78 is 1.67. The number of hydrogen-bond donors (Lipinski definition) is 2. The van der Waals surface area contributed by atoms with Crippen molar-refractivity contribution in [2.75, 3.05) is 5.32 Å². The van der Waals surface area contributed by atoms with Crippen molar-refractivity contribution in [2.45, 2.75) is 19.4 Å². The molecule has 1 unspecified atom stereocenters. The lowest BCUT2D eigenvalue weighted by Crippen LogP contribution is -2.28. The zero-order valence-corrected chi connectivity index (χ0v) is 17.6. The second-order valence-corrected chi connectivity index (χ2v) is 8.28. The summed E-state index contributed by atoms with van der Waals surface area (Å²) in [6.45, 7) is 1.93. The highest BCUT2D eigenvalue weighted by atomic mass is 32.1. The lowest BCUT2D eigenvalue weighted by molar-refractivity contribution is -0.121. The predicted octanol–water partition coefficient (Wildman–Crippen LogP) is 3.46. The van der Waals surface area contributed by atoms with E-state index >= 15 is 0 Å². The van der Waals surface area contributed by atoms with Gasteiger partial charge in [-0.05, 0) is 36.1 Å². The fourth-order valence-corrected chi connectivity index (χ4v) is 4.13. The number of carbonyl (C=O) groups is 2. The van der Waals surface area contributed by atoms with Gasteiger partial charge in [0.05, 0.1) is 28.7 Å². The molecule has 4 rings (SSSR count). The molecule has 30 heavy (non-hydrogen) atoms. The van der Waals surface area contributed by atoms with Gasteiger partial charge in [-0.1, -0.05) is 18.2 Å². The fourth-order valence-electron chi connectivity index (χ4n) is 2.81. The summed E-state index contributed by atoms with van der Waals surface area (Å²) in [4.78, 5) is 33.4. The van der Waals surface area contributed by atoms with Crippen LogP contribution in [-0.2, 0) is 11.2 Å². The molecular weight excluding hydrogens is 420 g/mol. The van der Waals surface area contributed by atoms with E-state index in [-0.39, 0.29) is 24.3 Å². The minimum absolute atomic E-state index is 0.135. The molecule has 2 N–H and O–H groups in total. The average Bonchev–Trinajstić information content (AvgIpc) is 3.51. The first-order chi connectivity index (χ1) is 14.6. The molecule has 10 heteroatoms. The van der Waals surface area contributed by atoms with Gasteiger partial charge < -0.3 is 5.32 Å². The Bertz CT molecular complexity index is 1120. The molecule has 0 radical (unpaired) electrons. The maximum atomic E-state index is 12.4. The van der Waals surface area contributed by atoms with E-state index in [2.05, 4.69) is 25.7 Å². The van der Waals surface area contributed by atoms with Crippen LogP contribution in [0.5, 0.6) is 0 Å². The Morgan fingerprint density at radius 3 is 2.70 bits per heavy atom. The van der Waals surface area contributed by atoms with Gasteiger partial charge in [-0.2, -0.15) is 5.10 Å². The molecule has 3 heterocycles. The van der Waals surface area contributed by atoms with E-state index in [4.69, 9.17) is 0 Å². The third kappa shape index (κ3) is 4.78. The van der Waals surface area contributed by atoms with Crippen molar-refractivity contribution >= 4 is 39.6 Å². The summed E-state index contributed by atoms with van der Waals surface area (Å²) in [6, 6.07) is 11.2. The molecule has 8 nitrogen and oxygen atoms in total. The van der Waals surface area contributed by atoms with Crippen molar-refractivity contribution in [3.63, 3.8) is 0 Å². The number of thiophene rings is 1. The normalized spacial score (nSPS) is 11.8. The van der Waals surface area contributed by atoms with Crippen molar-refractivity contribution in [3.8, 4) is 5.69 Å². The number of nitrogens with one attached hydrogen (secondary N) is 2. The van der Waals surface area contributed by atoms with Crippen molar-refractivity contribution in [1.29, 1.82) is 0 Å². The fraction of sp³-hybridized carbons (Fsp3) is 0.150. The maximum absolute atomic E-state index is 12.4. The zero-order chi connectivity index (χ0) is 20.9. The average molecular weight is 439 g/mol. The van der Waals surface area contributed by atoms with Crippen molar-refractivity contribution in [3.05, 3.63) is 75.9 Å². The highest BCUT2D eigenvalue weighted by Crippen LogP contribution is 2.19. The van der Waals surface area contributed by atoms with Crippen LogP contribution in [-0.4, -0.2) is 31.6 Å². The molecule has 0 aliphatic heterocycles. The van der Waals surface area contributed by atoms with Crippen molar-refractivity contribution in [1.82, 2.24) is 25.1 Å². The number of amides is 2. The van der Waals surface area contributed by atoms with Gasteiger partial charge in [0.25, 0.3) is 5.91 Å². The van der Waals surface area contributed by atoms with Crippen molar-refractivity contribution < 1.29 is 9.59 Å². The predicted molar refractivity (Wildman–Crippen MR) is 116 cm³/mol. The van der Waals surface area contributed by atoms with E-state index in [9.17, 15) is 9.59 Å². The van der Waals surface area contributed by atoms with Gasteiger partial charge in [0.2, 0.25) is 5.91 Å². The number of carbonyl (C=O) groups excluding carboxylic acids is 2. The number of hydrogen-bond acceptors (Lipinski definition) is 7. The number of nitrogens with zero attached hydrogens (tertiary/aromatic N) is 4. The molecule has 0 saturated carbocycles. The van der Waals surface area contributed by atoms with Crippen LogP contribution in [0.2, 0.25) is 0 Å². The van der Waals surface area contributed by atoms with Crippen LogP contribution in [0, 0.1) is 0 Å².